The van der Waals surface area contributed by atoms with Crippen molar-refractivity contribution >= 4 is 5.91 Å². The number of carbonyl (C=O) groups is 1. The van der Waals surface area contributed by atoms with Crippen molar-refractivity contribution in [2.45, 2.75) is 45.4 Å². The van der Waals surface area contributed by atoms with Crippen molar-refractivity contribution in [1.29, 1.82) is 0 Å². The summed E-state index contributed by atoms with van der Waals surface area (Å²) >= 11 is 0. The first-order valence-electron chi connectivity index (χ1n) is 8.04. The van der Waals surface area contributed by atoms with E-state index in [0.717, 1.165) is 37.1 Å². The van der Waals surface area contributed by atoms with E-state index in [1.54, 1.807) is 6.07 Å². The van der Waals surface area contributed by atoms with Crippen molar-refractivity contribution < 1.29 is 9.90 Å². The van der Waals surface area contributed by atoms with Gasteiger partial charge < -0.3 is 10.0 Å². The lowest BCUT2D eigenvalue weighted by molar-refractivity contribution is -0.133. The summed E-state index contributed by atoms with van der Waals surface area (Å²) < 4.78 is 0. The molecule has 0 unspecified atom stereocenters. The van der Waals surface area contributed by atoms with Crippen LogP contribution in [0.1, 0.15) is 45.6 Å². The second-order valence-corrected chi connectivity index (χ2v) is 6.92. The Labute approximate surface area is 133 Å². The number of hydrogen-bond donors (Lipinski definition) is 1. The van der Waals surface area contributed by atoms with Gasteiger partial charge in [0, 0.05) is 19.5 Å². The van der Waals surface area contributed by atoms with Gasteiger partial charge in [0.2, 0.25) is 5.91 Å². The van der Waals surface area contributed by atoms with Crippen LogP contribution in [0, 0.1) is 5.92 Å². The molecular weight excluding hydrogens is 274 g/mol. The third kappa shape index (κ3) is 3.52. The quantitative estimate of drug-likeness (QED) is 0.858. The lowest BCUT2D eigenvalue weighted by Crippen LogP contribution is -2.49. The number of amides is 1. The fourth-order valence-electron chi connectivity index (χ4n) is 3.23. The number of hydrogen-bond acceptors (Lipinski definition) is 2. The molecule has 0 spiro atoms. The number of carbonyl (C=O) groups excluding carboxylic acids is 1. The second kappa shape index (κ2) is 6.55. The Hall–Kier alpha value is -1.77. The molecule has 1 saturated heterocycles. The maximum Gasteiger partial charge on any atom is 0.222 e. The first kappa shape index (κ1) is 16.6. The molecule has 0 aliphatic carbocycles. The number of rotatable bonds is 4. The highest BCUT2D eigenvalue weighted by atomic mass is 16.3. The average Bonchev–Trinajstić information content (AvgIpc) is 2.47. The highest BCUT2D eigenvalue weighted by molar-refractivity contribution is 5.76. The zero-order valence-corrected chi connectivity index (χ0v) is 13.9. The predicted molar refractivity (Wildman–Crippen MR) is 89.9 cm³/mol. The second-order valence-electron chi connectivity index (χ2n) is 6.92. The van der Waals surface area contributed by atoms with Crippen molar-refractivity contribution in [3.05, 3.63) is 42.0 Å². The van der Waals surface area contributed by atoms with Gasteiger partial charge in [0.1, 0.15) is 5.75 Å². The molecule has 1 amide bonds. The van der Waals surface area contributed by atoms with Gasteiger partial charge in [-0.3, -0.25) is 4.79 Å². The summed E-state index contributed by atoms with van der Waals surface area (Å²) in [6.07, 6.45) is 2.26. The molecule has 1 fully saturated rings. The summed E-state index contributed by atoms with van der Waals surface area (Å²) in [6.45, 7) is 11.8. The number of allylic oxidation sites excluding steroid dienone is 1. The minimum atomic E-state index is 0.00384. The third-order valence-electron chi connectivity index (χ3n) is 5.11. The van der Waals surface area contributed by atoms with E-state index in [1.165, 1.54) is 0 Å². The fraction of sp³-hybridized carbons (Fsp3) is 0.526. The van der Waals surface area contributed by atoms with Gasteiger partial charge >= 0.3 is 0 Å². The monoisotopic (exact) mass is 301 g/mol. The third-order valence-corrected chi connectivity index (χ3v) is 5.11. The maximum absolute atomic E-state index is 12.3. The molecule has 0 aromatic heterocycles. The Morgan fingerprint density at radius 1 is 1.45 bits per heavy atom. The van der Waals surface area contributed by atoms with Crippen molar-refractivity contribution in [1.82, 2.24) is 4.90 Å². The van der Waals surface area contributed by atoms with E-state index in [2.05, 4.69) is 26.5 Å². The summed E-state index contributed by atoms with van der Waals surface area (Å²) in [4.78, 5) is 14.3. The van der Waals surface area contributed by atoms with E-state index < -0.39 is 0 Å². The van der Waals surface area contributed by atoms with Gasteiger partial charge in [-0.15, -0.1) is 6.58 Å². The van der Waals surface area contributed by atoms with Gasteiger partial charge in [-0.1, -0.05) is 31.6 Å². The maximum atomic E-state index is 12.3. The minimum absolute atomic E-state index is 0.00384. The van der Waals surface area contributed by atoms with Gasteiger partial charge in [0.15, 0.2) is 0 Å². The molecule has 2 rings (SSSR count). The minimum Gasteiger partial charge on any atom is -0.508 e. The van der Waals surface area contributed by atoms with Crippen LogP contribution in [-0.4, -0.2) is 29.0 Å². The molecule has 1 aromatic rings. The van der Waals surface area contributed by atoms with E-state index in [-0.39, 0.29) is 11.3 Å². The summed E-state index contributed by atoms with van der Waals surface area (Å²) in [5.41, 5.74) is 2.22. The molecule has 1 aliphatic heterocycles. The van der Waals surface area contributed by atoms with Crippen LogP contribution in [0.3, 0.4) is 0 Å². The van der Waals surface area contributed by atoms with Crippen molar-refractivity contribution in [3.63, 3.8) is 0 Å². The Morgan fingerprint density at radius 3 is 2.77 bits per heavy atom. The Bertz CT molecular complexity index is 566. The van der Waals surface area contributed by atoms with Crippen molar-refractivity contribution in [3.8, 4) is 5.75 Å². The van der Waals surface area contributed by atoms with Crippen LogP contribution in [0.2, 0.25) is 0 Å². The number of likely N-dealkylation sites (tertiary alicyclic amines) is 1. The molecule has 2 atom stereocenters. The number of phenolic OH excluding ortho intramolecular Hbond substituents is 1. The van der Waals surface area contributed by atoms with Gasteiger partial charge in [0.05, 0.1) is 0 Å². The Balaban J connectivity index is 2.06. The Morgan fingerprint density at radius 2 is 2.18 bits per heavy atom. The molecule has 0 radical (unpaired) electrons. The number of phenols is 1. The predicted octanol–water partition coefficient (Wildman–Crippen LogP) is 3.87. The first-order chi connectivity index (χ1) is 10.3. The van der Waals surface area contributed by atoms with Crippen molar-refractivity contribution in [2.75, 3.05) is 13.1 Å². The molecule has 1 N–H and O–H groups in total. The smallest absolute Gasteiger partial charge is 0.222 e. The molecule has 3 heteroatoms. The topological polar surface area (TPSA) is 40.5 Å². The van der Waals surface area contributed by atoms with Crippen LogP contribution >= 0.6 is 0 Å². The number of benzene rings is 1. The summed E-state index contributed by atoms with van der Waals surface area (Å²) in [5.74, 6) is 0.899. The van der Waals surface area contributed by atoms with Crippen LogP contribution < -0.4 is 0 Å². The van der Waals surface area contributed by atoms with Gasteiger partial charge in [0.25, 0.3) is 0 Å². The fourth-order valence-corrected chi connectivity index (χ4v) is 3.23. The highest BCUT2D eigenvalue weighted by Gasteiger charge is 2.39. The van der Waals surface area contributed by atoms with Crippen LogP contribution in [0.5, 0.6) is 5.75 Å². The molecule has 1 aromatic carbocycles. The van der Waals surface area contributed by atoms with Crippen LogP contribution in [0.25, 0.3) is 0 Å². The van der Waals surface area contributed by atoms with Gasteiger partial charge in [-0.05, 0) is 48.8 Å². The molecule has 120 valence electrons. The normalized spacial score (nSPS) is 25.0. The average molecular weight is 301 g/mol. The van der Waals surface area contributed by atoms with E-state index in [1.807, 2.05) is 24.0 Å². The molecule has 0 saturated carbocycles. The molecule has 22 heavy (non-hydrogen) atoms. The lowest BCUT2D eigenvalue weighted by atomic mass is 9.68. The lowest BCUT2D eigenvalue weighted by Gasteiger charge is -2.45. The molecular formula is C19H27NO2. The number of piperidine rings is 1. The van der Waals surface area contributed by atoms with Gasteiger partial charge in [-0.2, -0.15) is 0 Å². The van der Waals surface area contributed by atoms with Crippen LogP contribution in [-0.2, 0) is 10.2 Å². The SMILES string of the molecule is C=C(C)CCC(=O)N1CC[C@@](C)(c2cccc(O)c2)[C@@H](C)C1. The summed E-state index contributed by atoms with van der Waals surface area (Å²) in [7, 11) is 0. The van der Waals surface area contributed by atoms with Crippen LogP contribution in [0.15, 0.2) is 36.4 Å². The van der Waals surface area contributed by atoms with E-state index in [9.17, 15) is 9.90 Å². The molecule has 3 nitrogen and oxygen atoms in total. The zero-order valence-electron chi connectivity index (χ0n) is 13.9. The number of aromatic hydroxyl groups is 1. The molecule has 0 bridgehead atoms. The number of nitrogens with zero attached hydrogens (tertiary/aromatic N) is 1. The standard InChI is InChI=1S/C19H27NO2/c1-14(2)8-9-18(22)20-11-10-19(4,15(3)13-20)16-6-5-7-17(21)12-16/h5-7,12,15,21H,1,8-11,13H2,2-4H3/t15-,19+/m0/s1. The molecule has 1 heterocycles. The van der Waals surface area contributed by atoms with E-state index >= 15 is 0 Å². The highest BCUT2D eigenvalue weighted by Crippen LogP contribution is 2.40. The van der Waals surface area contributed by atoms with Crippen LogP contribution in [0.4, 0.5) is 0 Å². The first-order valence-corrected chi connectivity index (χ1v) is 8.04. The largest absolute Gasteiger partial charge is 0.508 e. The van der Waals surface area contributed by atoms with Gasteiger partial charge in [-0.25, -0.2) is 0 Å². The zero-order chi connectivity index (χ0) is 16.3. The summed E-state index contributed by atoms with van der Waals surface area (Å²) in [5, 5.41) is 9.73. The van der Waals surface area contributed by atoms with Crippen molar-refractivity contribution in [2.24, 2.45) is 5.92 Å². The summed E-state index contributed by atoms with van der Waals surface area (Å²) in [6, 6.07) is 7.53. The van der Waals surface area contributed by atoms with E-state index in [4.69, 9.17) is 0 Å². The Kier molecular flexibility index (Phi) is 4.94. The molecule has 1 aliphatic rings. The van der Waals surface area contributed by atoms with E-state index in [0.29, 0.717) is 18.1 Å².